The van der Waals surface area contributed by atoms with Crippen LogP contribution in [0.1, 0.15) is 24.5 Å². The number of hydrogen-bond donors (Lipinski definition) is 1. The molecule has 1 N–H and O–H groups in total. The van der Waals surface area contributed by atoms with Gasteiger partial charge in [0, 0.05) is 18.2 Å². The van der Waals surface area contributed by atoms with Crippen LogP contribution in [0.4, 0.5) is 0 Å². The predicted octanol–water partition coefficient (Wildman–Crippen LogP) is 2.10. The van der Waals surface area contributed by atoms with Gasteiger partial charge in [-0.05, 0) is 36.6 Å². The lowest BCUT2D eigenvalue weighted by atomic mass is 9.68. The van der Waals surface area contributed by atoms with Crippen molar-refractivity contribution >= 4 is 21.8 Å². The van der Waals surface area contributed by atoms with Gasteiger partial charge in [-0.15, -0.1) is 0 Å². The normalized spacial score (nSPS) is 26.9. The number of benzene rings is 1. The van der Waals surface area contributed by atoms with Crippen LogP contribution in [0, 0.1) is 0 Å². The third-order valence-electron chi connectivity index (χ3n) is 4.45. The molecule has 3 rings (SSSR count). The molecule has 0 saturated carbocycles. The molecule has 1 saturated heterocycles. The summed E-state index contributed by atoms with van der Waals surface area (Å²) in [6.07, 6.45) is 0.662. The SMILES string of the molecule is COCCC1(C)C(=O)NC2(COC2)c2ccc(Br)cc21. The predicted molar refractivity (Wildman–Crippen MR) is 78.6 cm³/mol. The summed E-state index contributed by atoms with van der Waals surface area (Å²) in [5.74, 6) is 0.0588. The van der Waals surface area contributed by atoms with Crippen LogP contribution in [0.15, 0.2) is 22.7 Å². The lowest BCUT2D eigenvalue weighted by Gasteiger charge is -2.50. The monoisotopic (exact) mass is 339 g/mol. The number of amides is 1. The Morgan fingerprint density at radius 2 is 2.15 bits per heavy atom. The van der Waals surface area contributed by atoms with Crippen LogP contribution in [-0.2, 0) is 25.2 Å². The molecule has 2 aliphatic rings. The van der Waals surface area contributed by atoms with E-state index in [-0.39, 0.29) is 11.4 Å². The molecule has 1 aromatic carbocycles. The Balaban J connectivity index is 2.12. The summed E-state index contributed by atoms with van der Waals surface area (Å²) in [5, 5.41) is 3.17. The van der Waals surface area contributed by atoms with Gasteiger partial charge in [0.05, 0.1) is 18.6 Å². The molecule has 0 radical (unpaired) electrons. The van der Waals surface area contributed by atoms with E-state index in [1.807, 2.05) is 13.0 Å². The largest absolute Gasteiger partial charge is 0.385 e. The van der Waals surface area contributed by atoms with Crippen molar-refractivity contribution in [2.45, 2.75) is 24.3 Å². The van der Waals surface area contributed by atoms with E-state index < -0.39 is 5.41 Å². The molecule has 2 heterocycles. The number of fused-ring (bicyclic) bond motifs is 2. The van der Waals surface area contributed by atoms with Crippen molar-refractivity contribution in [3.05, 3.63) is 33.8 Å². The van der Waals surface area contributed by atoms with Crippen LogP contribution in [0.5, 0.6) is 0 Å². The second-order valence-corrected chi connectivity index (χ2v) is 6.71. The quantitative estimate of drug-likeness (QED) is 0.917. The van der Waals surface area contributed by atoms with Crippen LogP contribution in [0.3, 0.4) is 0 Å². The van der Waals surface area contributed by atoms with E-state index in [0.29, 0.717) is 26.2 Å². The van der Waals surface area contributed by atoms with Gasteiger partial charge in [-0.25, -0.2) is 0 Å². The summed E-state index contributed by atoms with van der Waals surface area (Å²) in [6, 6.07) is 6.17. The highest BCUT2D eigenvalue weighted by Gasteiger charge is 2.53. The van der Waals surface area contributed by atoms with Crippen molar-refractivity contribution in [2.24, 2.45) is 0 Å². The van der Waals surface area contributed by atoms with Crippen LogP contribution < -0.4 is 5.32 Å². The van der Waals surface area contributed by atoms with E-state index in [0.717, 1.165) is 10.0 Å². The summed E-state index contributed by atoms with van der Waals surface area (Å²) in [5.41, 5.74) is 1.36. The summed E-state index contributed by atoms with van der Waals surface area (Å²) in [4.78, 5) is 12.7. The maximum Gasteiger partial charge on any atom is 0.231 e. The van der Waals surface area contributed by atoms with Crippen LogP contribution in [0.25, 0.3) is 0 Å². The van der Waals surface area contributed by atoms with Crippen molar-refractivity contribution in [1.82, 2.24) is 5.32 Å². The summed E-state index contributed by atoms with van der Waals surface area (Å²) >= 11 is 3.51. The zero-order valence-electron chi connectivity index (χ0n) is 11.7. The first-order chi connectivity index (χ1) is 9.52. The van der Waals surface area contributed by atoms with E-state index in [1.165, 1.54) is 5.56 Å². The first kappa shape index (κ1) is 14.0. The molecule has 0 aromatic heterocycles. The second-order valence-electron chi connectivity index (χ2n) is 5.79. The Hall–Kier alpha value is -0.910. The molecule has 0 aliphatic carbocycles. The van der Waals surface area contributed by atoms with E-state index in [1.54, 1.807) is 7.11 Å². The smallest absolute Gasteiger partial charge is 0.231 e. The van der Waals surface area contributed by atoms with E-state index >= 15 is 0 Å². The molecule has 1 aromatic rings. The van der Waals surface area contributed by atoms with Gasteiger partial charge in [-0.3, -0.25) is 4.79 Å². The molecule has 1 spiro atoms. The lowest BCUT2D eigenvalue weighted by molar-refractivity contribution is -0.143. The number of halogens is 1. The van der Waals surface area contributed by atoms with Gasteiger partial charge in [0.1, 0.15) is 5.54 Å². The molecule has 1 amide bonds. The van der Waals surface area contributed by atoms with Gasteiger partial charge in [0.15, 0.2) is 0 Å². The van der Waals surface area contributed by atoms with E-state index in [4.69, 9.17) is 9.47 Å². The molecule has 5 heteroatoms. The highest BCUT2D eigenvalue weighted by Crippen LogP contribution is 2.44. The topological polar surface area (TPSA) is 47.6 Å². The minimum atomic E-state index is -0.560. The van der Waals surface area contributed by atoms with Crippen LogP contribution in [-0.4, -0.2) is 32.8 Å². The molecular weight excluding hydrogens is 322 g/mol. The molecule has 1 fully saturated rings. The lowest BCUT2D eigenvalue weighted by Crippen LogP contribution is -2.66. The third-order valence-corrected chi connectivity index (χ3v) is 4.94. The number of methoxy groups -OCH3 is 1. The fourth-order valence-electron chi connectivity index (χ4n) is 3.02. The zero-order chi connectivity index (χ0) is 14.4. The van der Waals surface area contributed by atoms with Crippen molar-refractivity contribution in [3.8, 4) is 0 Å². The molecule has 20 heavy (non-hydrogen) atoms. The first-order valence-electron chi connectivity index (χ1n) is 6.72. The van der Waals surface area contributed by atoms with Gasteiger partial charge >= 0.3 is 0 Å². The highest BCUT2D eigenvalue weighted by molar-refractivity contribution is 9.10. The number of ether oxygens (including phenoxy) is 2. The van der Waals surface area contributed by atoms with Crippen LogP contribution >= 0.6 is 15.9 Å². The Morgan fingerprint density at radius 3 is 2.75 bits per heavy atom. The minimum Gasteiger partial charge on any atom is -0.385 e. The standard InChI is InChI=1S/C15H18BrNO3/c1-14(5-6-19-2)12-7-10(16)3-4-11(12)15(8-20-9-15)17-13(14)18/h3-4,7H,5-6,8-9H2,1-2H3,(H,17,18). The Morgan fingerprint density at radius 1 is 1.40 bits per heavy atom. The molecule has 1 atom stereocenters. The molecule has 108 valence electrons. The number of nitrogens with one attached hydrogen (secondary N) is 1. The number of rotatable bonds is 3. The number of carbonyl (C=O) groups excluding carboxylic acids is 1. The summed E-state index contributed by atoms with van der Waals surface area (Å²) < 4.78 is 11.5. The third kappa shape index (κ3) is 1.91. The molecule has 1 unspecified atom stereocenters. The average molecular weight is 340 g/mol. The van der Waals surface area contributed by atoms with Gasteiger partial charge in [0.2, 0.25) is 5.91 Å². The zero-order valence-corrected chi connectivity index (χ0v) is 13.2. The second kappa shape index (κ2) is 4.83. The molecule has 2 aliphatic heterocycles. The Bertz CT molecular complexity index is 556. The average Bonchev–Trinajstić information content (AvgIpc) is 2.39. The Labute approximate surface area is 127 Å². The van der Waals surface area contributed by atoms with Gasteiger partial charge in [-0.1, -0.05) is 22.0 Å². The van der Waals surface area contributed by atoms with E-state index in [9.17, 15) is 4.79 Å². The molecule has 0 bridgehead atoms. The van der Waals surface area contributed by atoms with Gasteiger partial charge in [0.25, 0.3) is 0 Å². The van der Waals surface area contributed by atoms with Gasteiger partial charge in [-0.2, -0.15) is 0 Å². The van der Waals surface area contributed by atoms with Crippen molar-refractivity contribution in [1.29, 1.82) is 0 Å². The van der Waals surface area contributed by atoms with E-state index in [2.05, 4.69) is 33.4 Å². The highest BCUT2D eigenvalue weighted by atomic mass is 79.9. The fraction of sp³-hybridized carbons (Fsp3) is 0.533. The molecular formula is C15H18BrNO3. The number of hydrogen-bond acceptors (Lipinski definition) is 3. The van der Waals surface area contributed by atoms with Crippen molar-refractivity contribution in [3.63, 3.8) is 0 Å². The van der Waals surface area contributed by atoms with Gasteiger partial charge < -0.3 is 14.8 Å². The maximum absolute atomic E-state index is 12.7. The summed E-state index contributed by atoms with van der Waals surface area (Å²) in [6.45, 7) is 3.64. The maximum atomic E-state index is 12.7. The minimum absolute atomic E-state index is 0.0588. The number of carbonyl (C=O) groups is 1. The Kier molecular flexibility index (Phi) is 3.39. The van der Waals surface area contributed by atoms with Crippen LogP contribution in [0.2, 0.25) is 0 Å². The molecule has 4 nitrogen and oxygen atoms in total. The summed E-state index contributed by atoms with van der Waals surface area (Å²) in [7, 11) is 1.66. The van der Waals surface area contributed by atoms with Crippen molar-refractivity contribution < 1.29 is 14.3 Å². The fourth-order valence-corrected chi connectivity index (χ4v) is 3.38. The van der Waals surface area contributed by atoms with Crippen molar-refractivity contribution in [2.75, 3.05) is 26.9 Å². The first-order valence-corrected chi connectivity index (χ1v) is 7.51.